The van der Waals surface area contributed by atoms with Gasteiger partial charge in [-0.1, -0.05) is 6.07 Å². The topological polar surface area (TPSA) is 71.3 Å². The number of carbonyl (C=O) groups excluding carboxylic acids is 2. The first kappa shape index (κ1) is 12.9. The van der Waals surface area contributed by atoms with E-state index in [1.165, 1.54) is 13.2 Å². The molecule has 1 heterocycles. The number of anilines is 2. The minimum absolute atomic E-state index is 0.158. The number of nitrogens with one attached hydrogen (secondary N) is 2. The molecular formula is C14H14N2O3. The summed E-state index contributed by atoms with van der Waals surface area (Å²) in [6, 6.07) is 8.55. The summed E-state index contributed by atoms with van der Waals surface area (Å²) in [5.74, 6) is 0.163. The van der Waals surface area contributed by atoms with Gasteiger partial charge >= 0.3 is 0 Å². The lowest BCUT2D eigenvalue weighted by molar-refractivity contribution is -0.114. The molecular weight excluding hydrogens is 244 g/mol. The van der Waals surface area contributed by atoms with Crippen LogP contribution in [0.5, 0.6) is 0 Å². The quantitative estimate of drug-likeness (QED) is 0.889. The van der Waals surface area contributed by atoms with Crippen molar-refractivity contribution in [3.8, 4) is 0 Å². The molecule has 2 amide bonds. The molecule has 0 spiro atoms. The van der Waals surface area contributed by atoms with Gasteiger partial charge in [0.2, 0.25) is 5.91 Å². The highest BCUT2D eigenvalue weighted by atomic mass is 16.3. The number of aryl methyl sites for hydroxylation is 1. The lowest BCUT2D eigenvalue weighted by Gasteiger charge is -2.07. The van der Waals surface area contributed by atoms with Crippen LogP contribution in [0.25, 0.3) is 0 Å². The summed E-state index contributed by atoms with van der Waals surface area (Å²) in [4.78, 5) is 22.9. The molecule has 2 N–H and O–H groups in total. The predicted octanol–water partition coefficient (Wildman–Crippen LogP) is 2.80. The van der Waals surface area contributed by atoms with Gasteiger partial charge in [-0.25, -0.2) is 0 Å². The van der Waals surface area contributed by atoms with E-state index in [0.717, 1.165) is 0 Å². The van der Waals surface area contributed by atoms with Gasteiger partial charge in [0.15, 0.2) is 0 Å². The van der Waals surface area contributed by atoms with Crippen LogP contribution < -0.4 is 10.6 Å². The fraction of sp³-hybridized carbons (Fsp3) is 0.143. The normalized spacial score (nSPS) is 10.0. The molecule has 0 saturated heterocycles. The third-order valence-electron chi connectivity index (χ3n) is 2.54. The summed E-state index contributed by atoms with van der Waals surface area (Å²) in [7, 11) is 0. The molecule has 0 aliphatic rings. The van der Waals surface area contributed by atoms with Crippen molar-refractivity contribution in [1.29, 1.82) is 0 Å². The van der Waals surface area contributed by atoms with E-state index in [1.807, 2.05) is 0 Å². The van der Waals surface area contributed by atoms with Crippen LogP contribution >= 0.6 is 0 Å². The number of carbonyl (C=O) groups is 2. The van der Waals surface area contributed by atoms with E-state index in [0.29, 0.717) is 22.7 Å². The molecule has 1 aromatic carbocycles. The van der Waals surface area contributed by atoms with Gasteiger partial charge in [-0.15, -0.1) is 0 Å². The van der Waals surface area contributed by atoms with Crippen molar-refractivity contribution in [1.82, 2.24) is 0 Å². The standard InChI is InChI=1S/C14H14N2O3/c1-9-13(6-7-19-9)14(18)16-12-5-3-4-11(8-12)15-10(2)17/h3-8H,1-2H3,(H,15,17)(H,16,18). The number of hydrogen-bond acceptors (Lipinski definition) is 3. The van der Waals surface area contributed by atoms with Crippen LogP contribution in [-0.2, 0) is 4.79 Å². The Morgan fingerprint density at radius 3 is 2.37 bits per heavy atom. The van der Waals surface area contributed by atoms with Crippen LogP contribution in [0.15, 0.2) is 41.0 Å². The fourth-order valence-electron chi connectivity index (χ4n) is 1.70. The van der Waals surface area contributed by atoms with Crippen molar-refractivity contribution in [2.45, 2.75) is 13.8 Å². The van der Waals surface area contributed by atoms with Crippen molar-refractivity contribution in [2.75, 3.05) is 10.6 Å². The lowest BCUT2D eigenvalue weighted by Crippen LogP contribution is -2.12. The summed E-state index contributed by atoms with van der Waals surface area (Å²) in [6.45, 7) is 3.16. The Balaban J connectivity index is 2.13. The summed E-state index contributed by atoms with van der Waals surface area (Å²) >= 11 is 0. The van der Waals surface area contributed by atoms with E-state index in [4.69, 9.17) is 4.42 Å². The first-order valence-corrected chi connectivity index (χ1v) is 5.79. The second-order valence-corrected chi connectivity index (χ2v) is 4.11. The van der Waals surface area contributed by atoms with Gasteiger partial charge < -0.3 is 15.1 Å². The van der Waals surface area contributed by atoms with Gasteiger partial charge in [0.1, 0.15) is 5.76 Å². The monoisotopic (exact) mass is 258 g/mol. The third kappa shape index (κ3) is 3.22. The Labute approximate surface area is 110 Å². The van der Waals surface area contributed by atoms with Gasteiger partial charge in [0.25, 0.3) is 5.91 Å². The second kappa shape index (κ2) is 5.39. The van der Waals surface area contributed by atoms with Crippen molar-refractivity contribution in [3.05, 3.63) is 47.9 Å². The molecule has 5 nitrogen and oxygen atoms in total. The molecule has 0 aliphatic carbocycles. The predicted molar refractivity (Wildman–Crippen MR) is 72.1 cm³/mol. The number of amides is 2. The number of furan rings is 1. The van der Waals surface area contributed by atoms with Gasteiger partial charge in [-0.05, 0) is 31.2 Å². The maximum absolute atomic E-state index is 12.0. The molecule has 1 aromatic heterocycles. The van der Waals surface area contributed by atoms with E-state index in [9.17, 15) is 9.59 Å². The van der Waals surface area contributed by atoms with Crippen LogP contribution in [0.3, 0.4) is 0 Å². The van der Waals surface area contributed by atoms with Crippen LogP contribution in [-0.4, -0.2) is 11.8 Å². The molecule has 2 aromatic rings. The summed E-state index contributed by atoms with van der Waals surface area (Å²) < 4.78 is 5.08. The largest absolute Gasteiger partial charge is 0.469 e. The number of hydrogen-bond donors (Lipinski definition) is 2. The van der Waals surface area contributed by atoms with E-state index in [1.54, 1.807) is 37.3 Å². The Morgan fingerprint density at radius 1 is 1.11 bits per heavy atom. The lowest BCUT2D eigenvalue weighted by atomic mass is 10.2. The van der Waals surface area contributed by atoms with Crippen molar-refractivity contribution in [3.63, 3.8) is 0 Å². The zero-order valence-corrected chi connectivity index (χ0v) is 10.7. The first-order valence-electron chi connectivity index (χ1n) is 5.79. The summed E-state index contributed by atoms with van der Waals surface area (Å²) in [6.07, 6.45) is 1.47. The van der Waals surface area contributed by atoms with Crippen LogP contribution in [0, 0.1) is 6.92 Å². The van der Waals surface area contributed by atoms with Crippen molar-refractivity contribution in [2.24, 2.45) is 0 Å². The Hall–Kier alpha value is -2.56. The highest BCUT2D eigenvalue weighted by molar-refractivity contribution is 6.05. The molecule has 0 aliphatic heterocycles. The maximum Gasteiger partial charge on any atom is 0.259 e. The molecule has 5 heteroatoms. The average molecular weight is 258 g/mol. The Morgan fingerprint density at radius 2 is 1.79 bits per heavy atom. The third-order valence-corrected chi connectivity index (χ3v) is 2.54. The number of benzene rings is 1. The van der Waals surface area contributed by atoms with Crippen LogP contribution in [0.1, 0.15) is 23.0 Å². The molecule has 0 saturated carbocycles. The van der Waals surface area contributed by atoms with E-state index < -0.39 is 0 Å². The summed E-state index contributed by atoms with van der Waals surface area (Å²) in [5.41, 5.74) is 1.73. The minimum atomic E-state index is -0.244. The Bertz CT molecular complexity index is 617. The van der Waals surface area contributed by atoms with E-state index >= 15 is 0 Å². The van der Waals surface area contributed by atoms with E-state index in [2.05, 4.69) is 10.6 Å². The van der Waals surface area contributed by atoms with Gasteiger partial charge in [-0.2, -0.15) is 0 Å². The fourth-order valence-corrected chi connectivity index (χ4v) is 1.70. The average Bonchev–Trinajstić information content (AvgIpc) is 2.75. The molecule has 98 valence electrons. The number of rotatable bonds is 3. The molecule has 0 fully saturated rings. The van der Waals surface area contributed by atoms with Crippen molar-refractivity contribution < 1.29 is 14.0 Å². The Kier molecular flexibility index (Phi) is 3.66. The molecule has 0 bridgehead atoms. The SMILES string of the molecule is CC(=O)Nc1cccc(NC(=O)c2ccoc2C)c1. The van der Waals surface area contributed by atoms with E-state index in [-0.39, 0.29) is 11.8 Å². The molecule has 2 rings (SSSR count). The van der Waals surface area contributed by atoms with Gasteiger partial charge in [0, 0.05) is 18.3 Å². The smallest absolute Gasteiger partial charge is 0.259 e. The van der Waals surface area contributed by atoms with Gasteiger partial charge in [0.05, 0.1) is 11.8 Å². The maximum atomic E-state index is 12.0. The van der Waals surface area contributed by atoms with Crippen molar-refractivity contribution >= 4 is 23.2 Å². The highest BCUT2D eigenvalue weighted by Crippen LogP contribution is 2.17. The molecule has 0 atom stereocenters. The van der Waals surface area contributed by atoms with Gasteiger partial charge in [-0.3, -0.25) is 9.59 Å². The zero-order chi connectivity index (χ0) is 13.8. The molecule has 19 heavy (non-hydrogen) atoms. The van der Waals surface area contributed by atoms with Crippen LogP contribution in [0.2, 0.25) is 0 Å². The highest BCUT2D eigenvalue weighted by Gasteiger charge is 2.11. The minimum Gasteiger partial charge on any atom is -0.469 e. The summed E-state index contributed by atoms with van der Waals surface area (Å²) in [5, 5.41) is 5.40. The first-order chi connectivity index (χ1) is 9.06. The molecule has 0 unspecified atom stereocenters. The molecule has 0 radical (unpaired) electrons. The second-order valence-electron chi connectivity index (χ2n) is 4.11. The zero-order valence-electron chi connectivity index (χ0n) is 10.7. The van der Waals surface area contributed by atoms with Crippen LogP contribution in [0.4, 0.5) is 11.4 Å².